The maximum absolute atomic E-state index is 11.9. The highest BCUT2D eigenvalue weighted by Gasteiger charge is 2.30. The van der Waals surface area contributed by atoms with Crippen LogP contribution in [0, 0.1) is 5.92 Å². The Morgan fingerprint density at radius 3 is 3.06 bits per heavy atom. The van der Waals surface area contributed by atoms with Crippen LogP contribution in [0.1, 0.15) is 37.8 Å². The Morgan fingerprint density at radius 2 is 2.50 bits per heavy atom. The summed E-state index contributed by atoms with van der Waals surface area (Å²) in [5, 5.41) is 9.57. The number of aromatic nitrogens is 2. The highest BCUT2D eigenvalue weighted by atomic mass is 16.2. The van der Waals surface area contributed by atoms with E-state index in [0.717, 1.165) is 24.8 Å². The molecule has 1 amide bonds. The zero-order chi connectivity index (χ0) is 11.5. The van der Waals surface area contributed by atoms with Crippen molar-refractivity contribution in [1.82, 2.24) is 15.5 Å². The molecule has 16 heavy (non-hydrogen) atoms. The summed E-state index contributed by atoms with van der Waals surface area (Å²) in [5.41, 5.74) is 6.88. The van der Waals surface area contributed by atoms with E-state index in [0.29, 0.717) is 0 Å². The lowest BCUT2D eigenvalue weighted by molar-refractivity contribution is -0.125. The van der Waals surface area contributed by atoms with E-state index in [2.05, 4.69) is 15.5 Å². The van der Waals surface area contributed by atoms with Gasteiger partial charge in [0.05, 0.1) is 18.2 Å². The Labute approximate surface area is 94.8 Å². The van der Waals surface area contributed by atoms with Crippen LogP contribution in [0.3, 0.4) is 0 Å². The molecule has 5 nitrogen and oxygen atoms in total. The molecule has 1 heterocycles. The number of nitrogens with one attached hydrogen (secondary N) is 2. The van der Waals surface area contributed by atoms with Crippen LogP contribution in [0.5, 0.6) is 0 Å². The van der Waals surface area contributed by atoms with Gasteiger partial charge in [-0.1, -0.05) is 6.42 Å². The monoisotopic (exact) mass is 222 g/mol. The zero-order valence-corrected chi connectivity index (χ0v) is 9.44. The van der Waals surface area contributed by atoms with E-state index in [1.807, 2.05) is 6.92 Å². The lowest BCUT2D eigenvalue weighted by atomic mass is 10.0. The maximum Gasteiger partial charge on any atom is 0.225 e. The summed E-state index contributed by atoms with van der Waals surface area (Å²) < 4.78 is 0. The zero-order valence-electron chi connectivity index (χ0n) is 9.44. The van der Waals surface area contributed by atoms with Crippen LogP contribution in [-0.4, -0.2) is 22.1 Å². The van der Waals surface area contributed by atoms with Crippen LogP contribution in [0.25, 0.3) is 0 Å². The normalized spacial score (nSPS) is 26.6. The molecule has 5 heteroatoms. The van der Waals surface area contributed by atoms with Gasteiger partial charge in [-0.05, 0) is 19.8 Å². The number of aromatic amines is 1. The Kier molecular flexibility index (Phi) is 3.24. The van der Waals surface area contributed by atoms with Crippen molar-refractivity contribution in [1.29, 1.82) is 0 Å². The van der Waals surface area contributed by atoms with Crippen molar-refractivity contribution in [2.24, 2.45) is 11.7 Å². The summed E-state index contributed by atoms with van der Waals surface area (Å²) >= 11 is 0. The Morgan fingerprint density at radius 1 is 1.69 bits per heavy atom. The van der Waals surface area contributed by atoms with Crippen molar-refractivity contribution < 1.29 is 4.79 Å². The molecule has 0 bridgehead atoms. The minimum atomic E-state index is -0.0191. The molecule has 1 fully saturated rings. The third-order valence-electron chi connectivity index (χ3n) is 3.28. The number of hydrogen-bond acceptors (Lipinski definition) is 3. The predicted octanol–water partition coefficient (Wildman–Crippen LogP) is 0.714. The molecule has 0 aliphatic heterocycles. The fourth-order valence-corrected chi connectivity index (χ4v) is 2.22. The van der Waals surface area contributed by atoms with Gasteiger partial charge in [-0.25, -0.2) is 0 Å². The van der Waals surface area contributed by atoms with Crippen molar-refractivity contribution in [2.75, 3.05) is 0 Å². The van der Waals surface area contributed by atoms with Crippen LogP contribution in [0.15, 0.2) is 12.4 Å². The van der Waals surface area contributed by atoms with E-state index in [1.165, 1.54) is 0 Å². The molecule has 1 aliphatic rings. The molecular formula is C11H18N4O. The average Bonchev–Trinajstić information content (AvgIpc) is 2.86. The molecule has 0 aromatic carbocycles. The number of carbonyl (C=O) groups excluding carboxylic acids is 1. The Bertz CT molecular complexity index is 349. The van der Waals surface area contributed by atoms with Gasteiger partial charge < -0.3 is 11.1 Å². The largest absolute Gasteiger partial charge is 0.349 e. The van der Waals surface area contributed by atoms with Crippen molar-refractivity contribution in [2.45, 2.75) is 38.3 Å². The number of H-pyrrole nitrogens is 1. The fourth-order valence-electron chi connectivity index (χ4n) is 2.22. The van der Waals surface area contributed by atoms with Crippen LogP contribution in [-0.2, 0) is 4.79 Å². The van der Waals surface area contributed by atoms with Crippen LogP contribution in [0.4, 0.5) is 0 Å². The van der Waals surface area contributed by atoms with Gasteiger partial charge in [0.15, 0.2) is 0 Å². The van der Waals surface area contributed by atoms with Gasteiger partial charge in [-0.15, -0.1) is 0 Å². The quantitative estimate of drug-likeness (QED) is 0.704. The van der Waals surface area contributed by atoms with E-state index in [1.54, 1.807) is 12.4 Å². The van der Waals surface area contributed by atoms with Gasteiger partial charge >= 0.3 is 0 Å². The highest BCUT2D eigenvalue weighted by Crippen LogP contribution is 2.24. The first kappa shape index (κ1) is 11.1. The number of rotatable bonds is 3. The van der Waals surface area contributed by atoms with E-state index in [9.17, 15) is 4.79 Å². The number of nitrogens with zero attached hydrogens (tertiary/aromatic N) is 1. The highest BCUT2D eigenvalue weighted by molar-refractivity contribution is 5.80. The van der Waals surface area contributed by atoms with E-state index in [4.69, 9.17) is 5.73 Å². The average molecular weight is 222 g/mol. The topological polar surface area (TPSA) is 83.8 Å². The first-order valence-electron chi connectivity index (χ1n) is 5.73. The second kappa shape index (κ2) is 4.65. The number of carbonyl (C=O) groups is 1. The molecule has 0 spiro atoms. The van der Waals surface area contributed by atoms with Crippen molar-refractivity contribution >= 4 is 5.91 Å². The molecule has 0 saturated heterocycles. The second-order valence-corrected chi connectivity index (χ2v) is 4.46. The molecule has 2 rings (SSSR count). The van der Waals surface area contributed by atoms with Crippen molar-refractivity contribution in [3.05, 3.63) is 18.0 Å². The minimum absolute atomic E-state index is 0.0148. The standard InChI is InChI=1S/C11H18N4O/c1-7(8-5-13-14-6-8)15-11(16)9-3-2-4-10(9)12/h5-7,9-10H,2-4,12H2,1H3,(H,13,14)(H,15,16)/t7?,9-,10+/m1/s1. The van der Waals surface area contributed by atoms with E-state index >= 15 is 0 Å². The summed E-state index contributed by atoms with van der Waals surface area (Å²) in [5.74, 6) is 0.0491. The van der Waals surface area contributed by atoms with E-state index in [-0.39, 0.29) is 23.9 Å². The van der Waals surface area contributed by atoms with Gasteiger partial charge in [0.1, 0.15) is 0 Å². The van der Waals surface area contributed by atoms with Crippen LogP contribution >= 0.6 is 0 Å². The molecule has 1 unspecified atom stereocenters. The predicted molar refractivity (Wildman–Crippen MR) is 60.5 cm³/mol. The molecule has 88 valence electrons. The van der Waals surface area contributed by atoms with Gasteiger partial charge in [-0.2, -0.15) is 5.10 Å². The first-order valence-corrected chi connectivity index (χ1v) is 5.73. The number of nitrogens with two attached hydrogens (primary N) is 1. The Hall–Kier alpha value is -1.36. The summed E-state index contributed by atoms with van der Waals surface area (Å²) in [6.07, 6.45) is 6.43. The Balaban J connectivity index is 1.92. The fraction of sp³-hybridized carbons (Fsp3) is 0.636. The second-order valence-electron chi connectivity index (χ2n) is 4.46. The molecule has 0 radical (unpaired) electrons. The van der Waals surface area contributed by atoms with Crippen molar-refractivity contribution in [3.63, 3.8) is 0 Å². The summed E-state index contributed by atoms with van der Waals surface area (Å²) in [6, 6.07) is 0.00981. The molecule has 1 aromatic heterocycles. The van der Waals surface area contributed by atoms with Gasteiger partial charge in [-0.3, -0.25) is 9.89 Å². The first-order chi connectivity index (χ1) is 7.68. The molecule has 1 aliphatic carbocycles. The smallest absolute Gasteiger partial charge is 0.225 e. The third-order valence-corrected chi connectivity index (χ3v) is 3.28. The maximum atomic E-state index is 11.9. The van der Waals surface area contributed by atoms with Gasteiger partial charge in [0.25, 0.3) is 0 Å². The third kappa shape index (κ3) is 2.24. The molecule has 4 N–H and O–H groups in total. The number of hydrogen-bond donors (Lipinski definition) is 3. The van der Waals surface area contributed by atoms with E-state index < -0.39 is 0 Å². The summed E-state index contributed by atoms with van der Waals surface area (Å²) in [4.78, 5) is 11.9. The summed E-state index contributed by atoms with van der Waals surface area (Å²) in [6.45, 7) is 1.95. The molecular weight excluding hydrogens is 204 g/mol. The van der Waals surface area contributed by atoms with Crippen molar-refractivity contribution in [3.8, 4) is 0 Å². The molecule has 1 saturated carbocycles. The van der Waals surface area contributed by atoms with Gasteiger partial charge in [0.2, 0.25) is 5.91 Å². The lowest BCUT2D eigenvalue weighted by Crippen LogP contribution is -2.39. The lowest BCUT2D eigenvalue weighted by Gasteiger charge is -2.18. The van der Waals surface area contributed by atoms with Crippen LogP contribution < -0.4 is 11.1 Å². The van der Waals surface area contributed by atoms with Crippen LogP contribution in [0.2, 0.25) is 0 Å². The van der Waals surface area contributed by atoms with Gasteiger partial charge in [0, 0.05) is 17.8 Å². The number of amides is 1. The minimum Gasteiger partial charge on any atom is -0.349 e. The SMILES string of the molecule is CC(NC(=O)[C@@H]1CCC[C@@H]1N)c1cn[nH]c1. The summed E-state index contributed by atoms with van der Waals surface area (Å²) in [7, 11) is 0. The molecule has 1 aromatic rings. The molecule has 3 atom stereocenters.